The van der Waals surface area contributed by atoms with Crippen LogP contribution in [0.2, 0.25) is 0 Å². The van der Waals surface area contributed by atoms with Gasteiger partial charge in [-0.15, -0.1) is 6.42 Å². The van der Waals surface area contributed by atoms with Crippen LogP contribution in [0.5, 0.6) is 0 Å². The minimum absolute atomic E-state index is 0.662. The molecule has 0 spiro atoms. The van der Waals surface area contributed by atoms with Gasteiger partial charge in [-0.3, -0.25) is 23.4 Å². The lowest BCUT2D eigenvalue weighted by atomic mass is 9.86. The lowest BCUT2D eigenvalue weighted by Gasteiger charge is -2.49. The fourth-order valence-corrected chi connectivity index (χ4v) is 8.15. The highest BCUT2D eigenvalue weighted by atomic mass is 32.7. The SMILES string of the molecule is C#C[C@@]1(O)[C@H](O)[C@@H](COP(=O)(S)OP(=O)(O)OC2OC3(O)C2C(O)C(O)C3[C@@H](O)CO)O[C@H]1n1ccc(=O)[nH]c1=O. The fraction of sp³-hybridized carbons (Fsp3) is 0.684. The van der Waals surface area contributed by atoms with Crippen molar-refractivity contribution >= 4 is 26.9 Å². The first-order chi connectivity index (χ1) is 18.9. The number of aliphatic hydroxyl groups excluding tert-OH is 5. The highest BCUT2D eigenvalue weighted by Gasteiger charge is 2.73. The summed E-state index contributed by atoms with van der Waals surface area (Å²) in [5.41, 5.74) is -4.41. The van der Waals surface area contributed by atoms with Gasteiger partial charge in [-0.1, -0.05) is 18.2 Å². The number of rotatable bonds is 10. The van der Waals surface area contributed by atoms with E-state index in [2.05, 4.69) is 21.1 Å². The molecule has 230 valence electrons. The van der Waals surface area contributed by atoms with Crippen LogP contribution in [0.1, 0.15) is 6.23 Å². The van der Waals surface area contributed by atoms with Crippen molar-refractivity contribution in [2.75, 3.05) is 13.2 Å². The normalized spacial score (nSPS) is 42.0. The van der Waals surface area contributed by atoms with Crippen molar-refractivity contribution in [3.63, 3.8) is 0 Å². The average Bonchev–Trinajstić information content (AvgIpc) is 3.19. The van der Waals surface area contributed by atoms with Crippen LogP contribution in [-0.2, 0) is 32.0 Å². The van der Waals surface area contributed by atoms with Crippen molar-refractivity contribution in [3.05, 3.63) is 33.1 Å². The van der Waals surface area contributed by atoms with Gasteiger partial charge < -0.3 is 50.1 Å². The van der Waals surface area contributed by atoms with E-state index in [9.17, 15) is 54.3 Å². The third kappa shape index (κ3) is 5.75. The maximum Gasteiger partial charge on any atom is 0.482 e. The number of thiol groups is 1. The van der Waals surface area contributed by atoms with Crippen LogP contribution in [0.3, 0.4) is 0 Å². The Labute approximate surface area is 234 Å². The van der Waals surface area contributed by atoms with Crippen molar-refractivity contribution < 1.29 is 72.6 Å². The molecule has 3 heterocycles. The van der Waals surface area contributed by atoms with Crippen LogP contribution >= 0.6 is 26.9 Å². The summed E-state index contributed by atoms with van der Waals surface area (Å²) < 4.78 is 50.2. The molecule has 13 atom stereocenters. The molecule has 0 bridgehead atoms. The number of nitrogens with zero attached hydrogens (tertiary/aromatic N) is 1. The molecule has 0 aromatic carbocycles. The molecule has 3 fully saturated rings. The third-order valence-corrected chi connectivity index (χ3v) is 10.5. The predicted octanol–water partition coefficient (Wildman–Crippen LogP) is -4.29. The summed E-state index contributed by atoms with van der Waals surface area (Å²) in [5.74, 6) is -3.85. The van der Waals surface area contributed by atoms with Crippen LogP contribution in [0.25, 0.3) is 0 Å². The maximum atomic E-state index is 12.7. The van der Waals surface area contributed by atoms with Crippen molar-refractivity contribution in [2.24, 2.45) is 11.8 Å². The number of hydrogen-bond donors (Lipinski definition) is 10. The number of hydrogen-bond acceptors (Lipinski definition) is 16. The summed E-state index contributed by atoms with van der Waals surface area (Å²) in [7, 11) is -5.46. The second kappa shape index (κ2) is 11.2. The third-order valence-electron chi connectivity index (χ3n) is 6.90. The number of nitrogens with one attached hydrogen (secondary N) is 1. The second-order valence-corrected chi connectivity index (χ2v) is 13.9. The molecule has 1 aliphatic carbocycles. The molecular formula is C19H26N2O17P2S. The van der Waals surface area contributed by atoms with Gasteiger partial charge in [-0.25, -0.2) is 13.9 Å². The summed E-state index contributed by atoms with van der Waals surface area (Å²) in [5, 5.41) is 71.2. The zero-order chi connectivity index (χ0) is 30.7. The van der Waals surface area contributed by atoms with Crippen LogP contribution in [0, 0.1) is 24.2 Å². The molecule has 2 aliphatic heterocycles. The molecule has 41 heavy (non-hydrogen) atoms. The average molecular weight is 648 g/mol. The van der Waals surface area contributed by atoms with Crippen molar-refractivity contribution in [2.45, 2.75) is 54.4 Å². The number of phosphoric ester groups is 1. The molecule has 1 aromatic heterocycles. The number of terminal acetylenes is 1. The topological polar surface area (TPSA) is 297 Å². The van der Waals surface area contributed by atoms with E-state index in [1.165, 1.54) is 0 Å². The molecule has 4 rings (SSSR count). The minimum atomic E-state index is -5.46. The predicted molar refractivity (Wildman–Crippen MR) is 131 cm³/mol. The van der Waals surface area contributed by atoms with E-state index in [0.717, 1.165) is 12.3 Å². The van der Waals surface area contributed by atoms with Gasteiger partial charge in [0.1, 0.15) is 12.2 Å². The Morgan fingerprint density at radius 1 is 1.24 bits per heavy atom. The molecular weight excluding hydrogens is 622 g/mol. The van der Waals surface area contributed by atoms with Crippen LogP contribution < -0.4 is 11.2 Å². The van der Waals surface area contributed by atoms with E-state index in [4.69, 9.17) is 25.5 Å². The molecule has 1 aromatic rings. The Kier molecular flexibility index (Phi) is 8.88. The van der Waals surface area contributed by atoms with Crippen molar-refractivity contribution in [1.82, 2.24) is 9.55 Å². The van der Waals surface area contributed by atoms with Crippen LogP contribution in [0.4, 0.5) is 0 Å². The van der Waals surface area contributed by atoms with Gasteiger partial charge >= 0.3 is 20.3 Å². The molecule has 0 radical (unpaired) electrons. The van der Waals surface area contributed by atoms with Crippen molar-refractivity contribution in [3.8, 4) is 12.3 Å². The quantitative estimate of drug-likeness (QED) is 0.0652. The smallest absolute Gasteiger partial charge is 0.394 e. The number of fused-ring (bicyclic) bond motifs is 1. The standard InChI is InChI=1S/C19H26N2O17P2S/c1-2-18(29)14(27)8(35-16(18)21-4-3-9(24)20-17(21)28)6-34-40(33,41)38-39(31,32)37-15-11-13(26)12(25)10(7(23)5-22)19(11,30)36-15/h1,3-4,7-8,10-16,22-23,25-27,29-30H,5-6H2,(H,31,32)(H,33,41)(H,20,24,28)/t7-,8+,10?,11?,12?,13?,14+,15?,16+,18+,19?,40?/m0/s1. The highest BCUT2D eigenvalue weighted by molar-refractivity contribution is 8.45. The van der Waals surface area contributed by atoms with E-state index >= 15 is 0 Å². The highest BCUT2D eigenvalue weighted by Crippen LogP contribution is 2.68. The van der Waals surface area contributed by atoms with Gasteiger partial charge in [0.25, 0.3) is 5.56 Å². The first-order valence-electron chi connectivity index (χ1n) is 11.5. The molecule has 9 N–H and O–H groups in total. The monoisotopic (exact) mass is 648 g/mol. The number of phosphoric acid groups is 1. The largest absolute Gasteiger partial charge is 0.482 e. The van der Waals surface area contributed by atoms with Gasteiger partial charge in [0.05, 0.1) is 43.4 Å². The first-order valence-corrected chi connectivity index (χ1v) is 15.7. The molecule has 22 heteroatoms. The second-order valence-electron chi connectivity index (χ2n) is 9.40. The molecule has 19 nitrogen and oxygen atoms in total. The van der Waals surface area contributed by atoms with Gasteiger partial charge in [0, 0.05) is 12.3 Å². The fourth-order valence-electron chi connectivity index (χ4n) is 4.96. The van der Waals surface area contributed by atoms with Crippen LogP contribution in [0.15, 0.2) is 21.9 Å². The maximum absolute atomic E-state index is 12.7. The minimum Gasteiger partial charge on any atom is -0.394 e. The number of aliphatic hydroxyl groups is 7. The van der Waals surface area contributed by atoms with E-state index in [-0.39, 0.29) is 0 Å². The Morgan fingerprint density at radius 2 is 1.90 bits per heavy atom. The Balaban J connectivity index is 1.40. The zero-order valence-corrected chi connectivity index (χ0v) is 23.1. The van der Waals surface area contributed by atoms with E-state index in [0.29, 0.717) is 4.57 Å². The lowest BCUT2D eigenvalue weighted by molar-refractivity contribution is -0.427. The number of H-pyrrole nitrogens is 1. The van der Waals surface area contributed by atoms with Crippen molar-refractivity contribution in [1.29, 1.82) is 0 Å². The molecule has 0 amide bonds. The van der Waals surface area contributed by atoms with Gasteiger partial charge in [0.15, 0.2) is 23.9 Å². The number of ether oxygens (including phenoxy) is 2. The summed E-state index contributed by atoms with van der Waals surface area (Å²) >= 11 is 3.54. The zero-order valence-electron chi connectivity index (χ0n) is 20.4. The molecule has 3 aliphatic rings. The number of aromatic nitrogens is 2. The Morgan fingerprint density at radius 3 is 2.49 bits per heavy atom. The van der Waals surface area contributed by atoms with Gasteiger partial charge in [-0.05, 0) is 0 Å². The van der Waals surface area contributed by atoms with E-state index in [1.54, 1.807) is 0 Å². The van der Waals surface area contributed by atoms with Crippen LogP contribution in [-0.4, -0.2) is 112 Å². The lowest BCUT2D eigenvalue weighted by Crippen LogP contribution is -2.64. The summed E-state index contributed by atoms with van der Waals surface area (Å²) in [6.07, 6.45) is -6.56. The summed E-state index contributed by atoms with van der Waals surface area (Å²) in [6.45, 7) is -6.78. The summed E-state index contributed by atoms with van der Waals surface area (Å²) in [4.78, 5) is 35.4. The number of aromatic amines is 1. The van der Waals surface area contributed by atoms with Gasteiger partial charge in [-0.2, -0.15) is 4.31 Å². The van der Waals surface area contributed by atoms with Gasteiger partial charge in [0.2, 0.25) is 0 Å². The van der Waals surface area contributed by atoms with E-state index in [1.807, 2.05) is 10.9 Å². The summed E-state index contributed by atoms with van der Waals surface area (Å²) in [6, 6.07) is 0.902. The molecule has 2 saturated heterocycles. The molecule has 8 unspecified atom stereocenters. The first kappa shape index (κ1) is 32.4. The van der Waals surface area contributed by atoms with E-state index < -0.39 is 105 Å². The molecule has 1 saturated carbocycles. The Hall–Kier alpha value is -1.47. The Bertz CT molecular complexity index is 1420.